The molecule has 5 rings (SSSR count). The lowest BCUT2D eigenvalue weighted by Gasteiger charge is -2.21. The van der Waals surface area contributed by atoms with Crippen molar-refractivity contribution in [3.05, 3.63) is 101 Å². The van der Waals surface area contributed by atoms with Crippen molar-refractivity contribution in [3.8, 4) is 5.75 Å². The van der Waals surface area contributed by atoms with Crippen molar-refractivity contribution >= 4 is 17.7 Å². The van der Waals surface area contributed by atoms with E-state index in [0.29, 0.717) is 17.8 Å². The van der Waals surface area contributed by atoms with Gasteiger partial charge in [-0.25, -0.2) is 18.6 Å². The summed E-state index contributed by atoms with van der Waals surface area (Å²) < 4.78 is 40.3. The number of halogens is 2. The van der Waals surface area contributed by atoms with Gasteiger partial charge in [0.05, 0.1) is 17.3 Å². The van der Waals surface area contributed by atoms with Crippen LogP contribution in [0.4, 0.5) is 13.6 Å². The van der Waals surface area contributed by atoms with Crippen LogP contribution in [0.5, 0.6) is 5.75 Å². The first-order chi connectivity index (χ1) is 17.3. The average molecular weight is 493 g/mol. The Morgan fingerprint density at radius 3 is 2.61 bits per heavy atom. The molecule has 0 fully saturated rings. The number of aromatic nitrogens is 2. The summed E-state index contributed by atoms with van der Waals surface area (Å²) in [7, 11) is 0. The van der Waals surface area contributed by atoms with Gasteiger partial charge in [-0.15, -0.1) is 0 Å². The Hall–Kier alpha value is -4.47. The zero-order valence-corrected chi connectivity index (χ0v) is 19.1. The number of pyridine rings is 1. The van der Waals surface area contributed by atoms with Crippen LogP contribution in [-0.2, 0) is 17.8 Å². The normalized spacial score (nSPS) is 16.5. The summed E-state index contributed by atoms with van der Waals surface area (Å²) in [5.41, 5.74) is 2.35. The molecule has 0 saturated heterocycles. The number of carboxylic acid groups (broad SMARTS) is 1. The van der Waals surface area contributed by atoms with Crippen molar-refractivity contribution < 1.29 is 33.0 Å². The second kappa shape index (κ2) is 9.29. The van der Waals surface area contributed by atoms with Crippen molar-refractivity contribution in [2.75, 3.05) is 0 Å². The molecule has 0 bridgehead atoms. The number of fused-ring (bicyclic) bond motifs is 2. The minimum Gasteiger partial charge on any atom is -0.485 e. The minimum atomic E-state index is -1.42. The van der Waals surface area contributed by atoms with Gasteiger partial charge < -0.3 is 19.9 Å². The molecule has 0 radical (unpaired) electrons. The number of rotatable bonds is 6. The van der Waals surface area contributed by atoms with Gasteiger partial charge in [0, 0.05) is 12.6 Å². The first kappa shape index (κ1) is 23.3. The molecule has 0 spiro atoms. The van der Waals surface area contributed by atoms with Crippen molar-refractivity contribution in [1.82, 2.24) is 14.7 Å². The number of amides is 1. The third-order valence-electron chi connectivity index (χ3n) is 6.16. The standard InChI is InChI=1S/C26H21F2N3O5/c1-14-23(25(32)30-22-16-7-3-2-6-15(16)12-21(22)36-26(33)34)31-11-5-10-20(24(31)29-14)35-13-17-18(27)8-4-9-19(17)28/h2-11,21-22H,12-13H2,1H3,(H,30,32)(H,33,34)/t21-,22+/m1/s1. The molecule has 1 amide bonds. The van der Waals surface area contributed by atoms with Crippen LogP contribution >= 0.6 is 0 Å². The summed E-state index contributed by atoms with van der Waals surface area (Å²) in [5, 5.41) is 12.1. The van der Waals surface area contributed by atoms with Crippen molar-refractivity contribution in [3.63, 3.8) is 0 Å². The number of imidazole rings is 1. The largest absolute Gasteiger partial charge is 0.506 e. The lowest BCUT2D eigenvalue weighted by Crippen LogP contribution is -2.37. The van der Waals surface area contributed by atoms with Crippen molar-refractivity contribution in [2.24, 2.45) is 0 Å². The maximum absolute atomic E-state index is 14.0. The van der Waals surface area contributed by atoms with Crippen LogP contribution in [0.3, 0.4) is 0 Å². The third-order valence-corrected chi connectivity index (χ3v) is 6.16. The van der Waals surface area contributed by atoms with Gasteiger partial charge in [-0.1, -0.05) is 30.3 Å². The summed E-state index contributed by atoms with van der Waals surface area (Å²) in [6.07, 6.45) is -0.248. The summed E-state index contributed by atoms with van der Waals surface area (Å²) in [5.74, 6) is -1.70. The van der Waals surface area contributed by atoms with Crippen molar-refractivity contribution in [1.29, 1.82) is 0 Å². The van der Waals surface area contributed by atoms with Crippen LogP contribution in [0.1, 0.15) is 38.9 Å². The smallest absolute Gasteiger partial charge is 0.485 e. The number of hydrogen-bond donors (Lipinski definition) is 2. The minimum absolute atomic E-state index is 0.214. The maximum Gasteiger partial charge on any atom is 0.506 e. The summed E-state index contributed by atoms with van der Waals surface area (Å²) in [6, 6.07) is 13.4. The molecular weight excluding hydrogens is 472 g/mol. The van der Waals surface area contributed by atoms with Crippen LogP contribution in [0.2, 0.25) is 0 Å². The number of aryl methyl sites for hydroxylation is 1. The molecule has 4 aromatic rings. The molecule has 2 atom stereocenters. The van der Waals surface area contributed by atoms with E-state index in [1.54, 1.807) is 25.3 Å². The van der Waals surface area contributed by atoms with E-state index < -0.39 is 35.8 Å². The highest BCUT2D eigenvalue weighted by Gasteiger charge is 2.37. The van der Waals surface area contributed by atoms with E-state index in [4.69, 9.17) is 14.6 Å². The molecule has 36 heavy (non-hydrogen) atoms. The van der Waals surface area contributed by atoms with Gasteiger partial charge in [0.15, 0.2) is 11.4 Å². The van der Waals surface area contributed by atoms with Gasteiger partial charge >= 0.3 is 6.16 Å². The van der Waals surface area contributed by atoms with E-state index in [9.17, 15) is 18.4 Å². The van der Waals surface area contributed by atoms with Gasteiger partial charge in [-0.05, 0) is 42.3 Å². The van der Waals surface area contributed by atoms with Crippen LogP contribution in [0, 0.1) is 18.6 Å². The highest BCUT2D eigenvalue weighted by molar-refractivity contribution is 5.95. The first-order valence-electron chi connectivity index (χ1n) is 11.1. The topological polar surface area (TPSA) is 102 Å². The number of benzene rings is 2. The molecule has 0 unspecified atom stereocenters. The Balaban J connectivity index is 1.43. The quantitative estimate of drug-likeness (QED) is 0.381. The van der Waals surface area contributed by atoms with Crippen LogP contribution in [0.15, 0.2) is 60.8 Å². The first-order valence-corrected chi connectivity index (χ1v) is 11.1. The van der Waals surface area contributed by atoms with E-state index >= 15 is 0 Å². The fourth-order valence-electron chi connectivity index (χ4n) is 4.54. The number of nitrogens with zero attached hydrogens (tertiary/aromatic N) is 2. The monoisotopic (exact) mass is 493 g/mol. The molecule has 2 N–H and O–H groups in total. The Labute approximate surface area is 204 Å². The molecule has 184 valence electrons. The van der Waals surface area contributed by atoms with E-state index in [0.717, 1.165) is 23.3 Å². The lowest BCUT2D eigenvalue weighted by atomic mass is 10.1. The van der Waals surface area contributed by atoms with E-state index in [-0.39, 0.29) is 23.6 Å². The van der Waals surface area contributed by atoms with E-state index in [2.05, 4.69) is 10.3 Å². The fourth-order valence-corrected chi connectivity index (χ4v) is 4.54. The van der Waals surface area contributed by atoms with E-state index in [1.165, 1.54) is 10.5 Å². The van der Waals surface area contributed by atoms with E-state index in [1.807, 2.05) is 24.3 Å². The number of nitrogens with one attached hydrogen (secondary N) is 1. The fraction of sp³-hybridized carbons (Fsp3) is 0.192. The van der Waals surface area contributed by atoms with Crippen LogP contribution in [0.25, 0.3) is 5.65 Å². The Kier molecular flexibility index (Phi) is 6.01. The van der Waals surface area contributed by atoms with Crippen molar-refractivity contribution in [2.45, 2.75) is 32.1 Å². The summed E-state index contributed by atoms with van der Waals surface area (Å²) in [4.78, 5) is 29.1. The molecular formula is C26H21F2N3O5. The molecule has 0 aliphatic heterocycles. The second-order valence-corrected chi connectivity index (χ2v) is 8.38. The van der Waals surface area contributed by atoms with Gasteiger partial charge in [-0.3, -0.25) is 9.20 Å². The number of carbonyl (C=O) groups is 2. The maximum atomic E-state index is 14.0. The Morgan fingerprint density at radius 1 is 1.11 bits per heavy atom. The van der Waals surface area contributed by atoms with Gasteiger partial charge in [-0.2, -0.15) is 0 Å². The molecule has 2 aromatic heterocycles. The second-order valence-electron chi connectivity index (χ2n) is 8.38. The highest BCUT2D eigenvalue weighted by atomic mass is 19.1. The van der Waals surface area contributed by atoms with Crippen LogP contribution in [-0.4, -0.2) is 32.7 Å². The summed E-state index contributed by atoms with van der Waals surface area (Å²) in [6.45, 7) is 1.29. The third kappa shape index (κ3) is 4.21. The average Bonchev–Trinajstić information content (AvgIpc) is 3.35. The zero-order valence-electron chi connectivity index (χ0n) is 19.1. The number of hydrogen-bond acceptors (Lipinski definition) is 5. The predicted octanol–water partition coefficient (Wildman–Crippen LogP) is 4.59. The molecule has 2 aromatic carbocycles. The molecule has 0 saturated carbocycles. The SMILES string of the molecule is Cc1nc2c(OCc3c(F)cccc3F)cccn2c1C(=O)N[C@H]1c2ccccc2C[C@H]1OC(=O)O. The molecule has 10 heteroatoms. The van der Waals surface area contributed by atoms with Gasteiger partial charge in [0.2, 0.25) is 0 Å². The molecule has 1 aliphatic carbocycles. The van der Waals surface area contributed by atoms with Gasteiger partial charge in [0.1, 0.15) is 30.0 Å². The Bertz CT molecular complexity index is 1470. The van der Waals surface area contributed by atoms with Crippen LogP contribution < -0.4 is 10.1 Å². The summed E-state index contributed by atoms with van der Waals surface area (Å²) >= 11 is 0. The number of ether oxygens (including phenoxy) is 2. The molecule has 8 nitrogen and oxygen atoms in total. The Morgan fingerprint density at radius 2 is 1.86 bits per heavy atom. The highest BCUT2D eigenvalue weighted by Crippen LogP contribution is 2.34. The zero-order chi connectivity index (χ0) is 25.4. The predicted molar refractivity (Wildman–Crippen MR) is 124 cm³/mol. The molecule has 2 heterocycles. The van der Waals surface area contributed by atoms with Gasteiger partial charge in [0.25, 0.3) is 5.91 Å². The number of carbonyl (C=O) groups excluding carboxylic acids is 1. The molecule has 1 aliphatic rings. The lowest BCUT2D eigenvalue weighted by molar-refractivity contribution is 0.0382.